The summed E-state index contributed by atoms with van der Waals surface area (Å²) in [5, 5.41) is 0. The molecule has 0 spiro atoms. The van der Waals surface area contributed by atoms with Gasteiger partial charge in [-0.25, -0.2) is 12.8 Å². The van der Waals surface area contributed by atoms with Crippen molar-refractivity contribution < 1.29 is 17.6 Å². The van der Waals surface area contributed by atoms with Gasteiger partial charge >= 0.3 is 0 Å². The van der Waals surface area contributed by atoms with E-state index in [4.69, 9.17) is 0 Å². The lowest BCUT2D eigenvalue weighted by Gasteiger charge is -2.35. The quantitative estimate of drug-likeness (QED) is 0.753. The maximum atomic E-state index is 14.3. The largest absolute Gasteiger partial charge is 0.367 e. The van der Waals surface area contributed by atoms with Gasteiger partial charge in [0.15, 0.2) is 5.78 Å². The van der Waals surface area contributed by atoms with E-state index in [0.717, 1.165) is 11.1 Å². The zero-order chi connectivity index (χ0) is 19.8. The smallest absolute Gasteiger partial charge is 0.243 e. The first-order valence-electron chi connectivity index (χ1n) is 8.83. The van der Waals surface area contributed by atoms with Gasteiger partial charge in [0.1, 0.15) is 5.82 Å². The first-order valence-corrected chi connectivity index (χ1v) is 10.3. The molecule has 0 radical (unpaired) electrons. The average molecular weight is 390 g/mol. The van der Waals surface area contributed by atoms with Gasteiger partial charge in [-0.3, -0.25) is 4.79 Å². The molecule has 0 atom stereocenters. The number of hydrogen-bond acceptors (Lipinski definition) is 4. The molecule has 144 valence electrons. The lowest BCUT2D eigenvalue weighted by Crippen LogP contribution is -2.48. The topological polar surface area (TPSA) is 57.7 Å². The van der Waals surface area contributed by atoms with E-state index in [1.807, 2.05) is 24.8 Å². The Balaban J connectivity index is 1.75. The van der Waals surface area contributed by atoms with Crippen LogP contribution < -0.4 is 4.90 Å². The number of carbonyl (C=O) groups is 1. The SMILES string of the molecule is CC(=O)c1ccc(N2CCN(S(=O)(=O)c3ccc(C)c(C)c3)CC2)c(F)c1. The van der Waals surface area contributed by atoms with Crippen molar-refractivity contribution in [1.82, 2.24) is 4.31 Å². The summed E-state index contributed by atoms with van der Waals surface area (Å²) in [5.74, 6) is -0.655. The minimum atomic E-state index is -3.57. The first-order chi connectivity index (χ1) is 12.7. The zero-order valence-electron chi connectivity index (χ0n) is 15.7. The van der Waals surface area contributed by atoms with Crippen LogP contribution in [0.3, 0.4) is 0 Å². The number of anilines is 1. The molecule has 1 aliphatic rings. The third-order valence-corrected chi connectivity index (χ3v) is 6.94. The minimum absolute atomic E-state index is 0.190. The van der Waals surface area contributed by atoms with E-state index < -0.39 is 15.8 Å². The fourth-order valence-corrected chi connectivity index (χ4v) is 4.68. The lowest BCUT2D eigenvalue weighted by molar-refractivity contribution is 0.101. The molecule has 2 aromatic carbocycles. The number of benzene rings is 2. The first kappa shape index (κ1) is 19.5. The van der Waals surface area contributed by atoms with Crippen molar-refractivity contribution in [2.45, 2.75) is 25.7 Å². The van der Waals surface area contributed by atoms with Crippen LogP contribution in [-0.2, 0) is 10.0 Å². The van der Waals surface area contributed by atoms with E-state index in [0.29, 0.717) is 24.3 Å². The Labute approximate surface area is 159 Å². The third-order valence-electron chi connectivity index (χ3n) is 5.05. The Hall–Kier alpha value is -2.25. The second kappa shape index (κ2) is 7.40. The molecule has 0 aliphatic carbocycles. The molecule has 0 unspecified atom stereocenters. The van der Waals surface area contributed by atoms with Crippen LogP contribution in [0.1, 0.15) is 28.4 Å². The predicted octanol–water partition coefficient (Wildman–Crippen LogP) is 3.16. The van der Waals surface area contributed by atoms with E-state index >= 15 is 0 Å². The number of Topliss-reactive ketones (excluding diaryl/α,β-unsaturated/α-hetero) is 1. The second-order valence-corrected chi connectivity index (χ2v) is 8.80. The monoisotopic (exact) mass is 390 g/mol. The number of piperazine rings is 1. The molecule has 1 fully saturated rings. The summed E-state index contributed by atoms with van der Waals surface area (Å²) in [6, 6.07) is 9.54. The molecule has 2 aromatic rings. The molecule has 0 saturated carbocycles. The number of aryl methyl sites for hydroxylation is 2. The molecule has 0 bridgehead atoms. The minimum Gasteiger partial charge on any atom is -0.367 e. The number of rotatable bonds is 4. The average Bonchev–Trinajstić information content (AvgIpc) is 2.64. The van der Waals surface area contributed by atoms with Crippen LogP contribution in [0.15, 0.2) is 41.3 Å². The van der Waals surface area contributed by atoms with Gasteiger partial charge in [-0.15, -0.1) is 0 Å². The normalized spacial score (nSPS) is 15.8. The molecule has 0 amide bonds. The lowest BCUT2D eigenvalue weighted by atomic mass is 10.1. The van der Waals surface area contributed by atoms with Crippen molar-refractivity contribution in [2.75, 3.05) is 31.1 Å². The molecule has 0 N–H and O–H groups in total. The molecular formula is C20H23FN2O3S. The van der Waals surface area contributed by atoms with Crippen LogP contribution in [0.4, 0.5) is 10.1 Å². The van der Waals surface area contributed by atoms with Crippen LogP contribution in [0, 0.1) is 19.7 Å². The molecule has 5 nitrogen and oxygen atoms in total. The van der Waals surface area contributed by atoms with E-state index in [2.05, 4.69) is 0 Å². The number of halogens is 1. The van der Waals surface area contributed by atoms with Crippen LogP contribution >= 0.6 is 0 Å². The summed E-state index contributed by atoms with van der Waals surface area (Å²) in [6.07, 6.45) is 0. The molecule has 1 heterocycles. The van der Waals surface area contributed by atoms with E-state index in [1.54, 1.807) is 24.3 Å². The van der Waals surface area contributed by atoms with Crippen LogP contribution in [0.5, 0.6) is 0 Å². The number of ketones is 1. The second-order valence-electron chi connectivity index (χ2n) is 6.86. The van der Waals surface area contributed by atoms with Crippen molar-refractivity contribution in [2.24, 2.45) is 0 Å². The fraction of sp³-hybridized carbons (Fsp3) is 0.350. The molecule has 3 rings (SSSR count). The van der Waals surface area contributed by atoms with Gasteiger partial charge in [0.25, 0.3) is 0 Å². The fourth-order valence-electron chi connectivity index (χ4n) is 3.18. The predicted molar refractivity (Wildman–Crippen MR) is 103 cm³/mol. The van der Waals surface area contributed by atoms with Crippen LogP contribution in [0.2, 0.25) is 0 Å². The van der Waals surface area contributed by atoms with Gasteiger partial charge < -0.3 is 4.90 Å². The number of carbonyl (C=O) groups excluding carboxylic acids is 1. The number of sulfonamides is 1. The Kier molecular flexibility index (Phi) is 5.35. The number of nitrogens with zero attached hydrogens (tertiary/aromatic N) is 2. The molecule has 27 heavy (non-hydrogen) atoms. The summed E-state index contributed by atoms with van der Waals surface area (Å²) in [7, 11) is -3.57. The Bertz CT molecular complexity index is 981. The highest BCUT2D eigenvalue weighted by atomic mass is 32.2. The molecular weight excluding hydrogens is 367 g/mol. The molecule has 0 aromatic heterocycles. The number of hydrogen-bond donors (Lipinski definition) is 0. The standard InChI is InChI=1S/C20H23FN2O3S/c1-14-4-6-18(12-15(14)2)27(25,26)23-10-8-22(9-11-23)20-7-5-17(16(3)24)13-19(20)21/h4-7,12-13H,8-11H2,1-3H3. The van der Waals surface area contributed by atoms with Crippen molar-refractivity contribution in [3.05, 3.63) is 58.9 Å². The van der Waals surface area contributed by atoms with Crippen molar-refractivity contribution in [3.8, 4) is 0 Å². The van der Waals surface area contributed by atoms with Crippen LogP contribution in [-0.4, -0.2) is 44.7 Å². The van der Waals surface area contributed by atoms with Crippen LogP contribution in [0.25, 0.3) is 0 Å². The van der Waals surface area contributed by atoms with E-state index in [9.17, 15) is 17.6 Å². The van der Waals surface area contributed by atoms with Gasteiger partial charge in [-0.05, 0) is 62.2 Å². The highest BCUT2D eigenvalue weighted by Gasteiger charge is 2.29. The Morgan fingerprint density at radius 2 is 1.63 bits per heavy atom. The van der Waals surface area contributed by atoms with Crippen molar-refractivity contribution >= 4 is 21.5 Å². The van der Waals surface area contributed by atoms with Gasteiger partial charge in [0.05, 0.1) is 10.6 Å². The van der Waals surface area contributed by atoms with Gasteiger partial charge in [-0.1, -0.05) is 6.07 Å². The summed E-state index contributed by atoms with van der Waals surface area (Å²) in [6.45, 7) is 6.56. The summed E-state index contributed by atoms with van der Waals surface area (Å²) in [4.78, 5) is 13.5. The molecule has 1 saturated heterocycles. The summed E-state index contributed by atoms with van der Waals surface area (Å²) < 4.78 is 41.5. The third kappa shape index (κ3) is 3.89. The molecule has 7 heteroatoms. The summed E-state index contributed by atoms with van der Waals surface area (Å²) in [5.41, 5.74) is 2.70. The Morgan fingerprint density at radius 1 is 0.963 bits per heavy atom. The van der Waals surface area contributed by atoms with E-state index in [1.165, 1.54) is 17.3 Å². The van der Waals surface area contributed by atoms with Gasteiger partial charge in [-0.2, -0.15) is 4.31 Å². The zero-order valence-corrected chi connectivity index (χ0v) is 16.5. The Morgan fingerprint density at radius 3 is 2.19 bits per heavy atom. The maximum Gasteiger partial charge on any atom is 0.243 e. The maximum absolute atomic E-state index is 14.3. The van der Waals surface area contributed by atoms with Crippen molar-refractivity contribution in [1.29, 1.82) is 0 Å². The highest BCUT2D eigenvalue weighted by Crippen LogP contribution is 2.25. The van der Waals surface area contributed by atoms with Crippen molar-refractivity contribution in [3.63, 3.8) is 0 Å². The summed E-state index contributed by atoms with van der Waals surface area (Å²) >= 11 is 0. The highest BCUT2D eigenvalue weighted by molar-refractivity contribution is 7.89. The van der Waals surface area contributed by atoms with E-state index in [-0.39, 0.29) is 23.8 Å². The van der Waals surface area contributed by atoms with Gasteiger partial charge in [0.2, 0.25) is 10.0 Å². The van der Waals surface area contributed by atoms with Gasteiger partial charge in [0, 0.05) is 31.7 Å². The molecule has 1 aliphatic heterocycles.